The Labute approximate surface area is 279 Å². The van der Waals surface area contributed by atoms with Crippen LogP contribution in [0, 0.1) is 0 Å². The second-order valence-corrected chi connectivity index (χ2v) is 12.7. The van der Waals surface area contributed by atoms with Crippen LogP contribution in [0.2, 0.25) is 0 Å². The first-order valence-corrected chi connectivity index (χ1v) is 16.9. The minimum Gasteiger partial charge on any atom is -0.392 e. The van der Waals surface area contributed by atoms with Crippen LogP contribution in [0.3, 0.4) is 0 Å². The number of nitrogens with one attached hydrogen (secondary N) is 2. The monoisotopic (exact) mass is 658 g/mol. The predicted molar refractivity (Wildman–Crippen MR) is 179 cm³/mol. The summed E-state index contributed by atoms with van der Waals surface area (Å²) in [6.45, 7) is 0.431. The van der Waals surface area contributed by atoms with E-state index in [4.69, 9.17) is 14.7 Å². The van der Waals surface area contributed by atoms with Crippen LogP contribution in [0.4, 0.5) is 0 Å². The van der Waals surface area contributed by atoms with E-state index < -0.39 is 12.2 Å². The van der Waals surface area contributed by atoms with Crippen molar-refractivity contribution in [1.29, 1.82) is 0 Å². The number of thioether (sulfide) groups is 1. The average molecular weight is 659 g/mol. The highest BCUT2D eigenvalue weighted by molar-refractivity contribution is 7.99. The number of amides is 2. The van der Waals surface area contributed by atoms with Crippen LogP contribution >= 0.6 is 11.8 Å². The van der Waals surface area contributed by atoms with E-state index in [0.717, 1.165) is 50.7 Å². The fourth-order valence-corrected chi connectivity index (χ4v) is 6.42. The van der Waals surface area contributed by atoms with Crippen LogP contribution in [0.15, 0.2) is 90.3 Å². The predicted octanol–water partition coefficient (Wildman–Crippen LogP) is 5.99. The molecule has 0 radical (unpaired) electrons. The number of ether oxygens (including phenoxy) is 2. The Balaban J connectivity index is 1.20. The van der Waals surface area contributed by atoms with Crippen molar-refractivity contribution in [3.63, 3.8) is 0 Å². The molecule has 2 heterocycles. The van der Waals surface area contributed by atoms with Gasteiger partial charge < -0.3 is 24.5 Å². The van der Waals surface area contributed by atoms with Crippen molar-refractivity contribution < 1.29 is 29.4 Å². The van der Waals surface area contributed by atoms with E-state index in [1.54, 1.807) is 23.4 Å². The molecule has 0 spiro atoms. The summed E-state index contributed by atoms with van der Waals surface area (Å²) in [6, 6.07) is 24.2. The molecule has 3 atom stereocenters. The number of aryl methyl sites for hydroxylation is 1. The van der Waals surface area contributed by atoms with Gasteiger partial charge in [0.15, 0.2) is 11.4 Å². The number of nitrogens with zero attached hydrogens (tertiary/aromatic N) is 2. The number of aromatic nitrogens is 2. The summed E-state index contributed by atoms with van der Waals surface area (Å²) in [6.07, 6.45) is 6.38. The van der Waals surface area contributed by atoms with Crippen LogP contribution in [0.1, 0.15) is 73.2 Å². The number of benzene rings is 3. The molecular weight excluding hydrogens is 616 g/mol. The van der Waals surface area contributed by atoms with Gasteiger partial charge in [-0.2, -0.15) is 0 Å². The zero-order valence-electron chi connectivity index (χ0n) is 26.5. The molecule has 1 aliphatic rings. The summed E-state index contributed by atoms with van der Waals surface area (Å²) in [5.74, 6) is 0.300. The van der Waals surface area contributed by atoms with Gasteiger partial charge in [-0.3, -0.25) is 14.8 Å². The van der Waals surface area contributed by atoms with Gasteiger partial charge in [0.2, 0.25) is 11.8 Å². The van der Waals surface area contributed by atoms with Crippen molar-refractivity contribution in [2.45, 2.75) is 75.3 Å². The maximum absolute atomic E-state index is 12.3. The molecule has 2 amide bonds. The number of carbonyl (C=O) groups is 2. The number of imidazole rings is 1. The lowest BCUT2D eigenvalue weighted by atomic mass is 9.99. The number of unbranched alkanes of at least 4 members (excludes halogenated alkanes) is 2. The van der Waals surface area contributed by atoms with Crippen molar-refractivity contribution in [2.75, 3.05) is 5.75 Å². The zero-order valence-corrected chi connectivity index (χ0v) is 27.3. The van der Waals surface area contributed by atoms with Gasteiger partial charge in [0, 0.05) is 56.6 Å². The van der Waals surface area contributed by atoms with Crippen LogP contribution < -0.4 is 10.8 Å². The molecule has 0 aliphatic carbocycles. The maximum atomic E-state index is 12.3. The highest BCUT2D eigenvalue weighted by atomic mass is 32.2. The van der Waals surface area contributed by atoms with E-state index in [2.05, 4.69) is 28.5 Å². The molecule has 47 heavy (non-hydrogen) atoms. The van der Waals surface area contributed by atoms with Gasteiger partial charge in [-0.1, -0.05) is 84.9 Å². The van der Waals surface area contributed by atoms with E-state index in [9.17, 15) is 14.7 Å². The lowest BCUT2D eigenvalue weighted by Gasteiger charge is -2.36. The van der Waals surface area contributed by atoms with Crippen molar-refractivity contribution in [2.24, 2.45) is 7.05 Å². The SMILES string of the molecule is Cn1ccnc1SC[C@@H]1C[C@H](c2ccc(CO)cc2)O[C@H](c2ccc(-c3cccc(CNC(=O)CCCCCC(=O)NO)c3)cc2)O1. The molecule has 5 rings (SSSR count). The van der Waals surface area contributed by atoms with Crippen molar-refractivity contribution in [3.05, 3.63) is 107 Å². The fourth-order valence-electron chi connectivity index (χ4n) is 5.47. The Bertz CT molecular complexity index is 1590. The molecule has 0 bridgehead atoms. The van der Waals surface area contributed by atoms with Gasteiger partial charge in [-0.15, -0.1) is 0 Å². The minimum absolute atomic E-state index is 0.000870. The van der Waals surface area contributed by atoms with E-state index >= 15 is 0 Å². The molecule has 1 aromatic heterocycles. The lowest BCUT2D eigenvalue weighted by molar-refractivity contribution is -0.245. The quantitative estimate of drug-likeness (QED) is 0.0530. The first-order chi connectivity index (χ1) is 22.9. The third-order valence-corrected chi connectivity index (χ3v) is 9.35. The third kappa shape index (κ3) is 9.99. The largest absolute Gasteiger partial charge is 0.392 e. The standard InChI is InChI=1S/C36H42N4O6S/c1-40-19-18-37-36(40)47-24-31-21-32(28-12-10-25(23-41)11-13-28)46-35(45-31)29-16-14-27(15-17-29)30-7-5-6-26(20-30)22-38-33(42)8-3-2-4-9-34(43)39-44/h5-7,10-20,31-32,35,41,44H,2-4,8-9,21-24H2,1H3,(H,38,42)(H,39,43)/t31-,32+,35+/m0/s1. The normalized spacial score (nSPS) is 17.7. The van der Waals surface area contributed by atoms with Gasteiger partial charge in [-0.25, -0.2) is 10.5 Å². The van der Waals surface area contributed by atoms with Crippen LogP contribution in [0.5, 0.6) is 0 Å². The molecule has 1 fully saturated rings. The number of hydroxylamine groups is 1. The minimum atomic E-state index is -0.541. The second-order valence-electron chi connectivity index (χ2n) is 11.7. The number of hydrogen-bond acceptors (Lipinski definition) is 8. The Morgan fingerprint density at radius 2 is 1.66 bits per heavy atom. The van der Waals surface area contributed by atoms with Crippen LogP contribution in [-0.2, 0) is 39.3 Å². The van der Waals surface area contributed by atoms with Crippen LogP contribution in [-0.4, -0.2) is 43.5 Å². The van der Waals surface area contributed by atoms with Crippen LogP contribution in [0.25, 0.3) is 11.1 Å². The number of aliphatic hydroxyl groups is 1. The summed E-state index contributed by atoms with van der Waals surface area (Å²) < 4.78 is 15.0. The molecule has 1 aliphatic heterocycles. The molecule has 10 nitrogen and oxygen atoms in total. The van der Waals surface area contributed by atoms with Gasteiger partial charge in [-0.05, 0) is 46.7 Å². The highest BCUT2D eigenvalue weighted by Gasteiger charge is 2.32. The van der Waals surface area contributed by atoms with Gasteiger partial charge >= 0.3 is 0 Å². The first kappa shape index (κ1) is 34.3. The summed E-state index contributed by atoms with van der Waals surface area (Å²) in [5, 5.41) is 22.0. The Morgan fingerprint density at radius 3 is 2.36 bits per heavy atom. The summed E-state index contributed by atoms with van der Waals surface area (Å²) in [4.78, 5) is 27.8. The van der Waals surface area contributed by atoms with Crippen molar-refractivity contribution in [1.82, 2.24) is 20.3 Å². The van der Waals surface area contributed by atoms with Gasteiger partial charge in [0.25, 0.3) is 0 Å². The smallest absolute Gasteiger partial charge is 0.243 e. The molecule has 1 saturated heterocycles. The van der Waals surface area contributed by atoms with E-state index in [1.807, 2.05) is 72.4 Å². The molecule has 11 heteroatoms. The summed E-state index contributed by atoms with van der Waals surface area (Å²) in [5.41, 5.74) is 7.55. The van der Waals surface area contributed by atoms with Gasteiger partial charge in [0.1, 0.15) is 0 Å². The van der Waals surface area contributed by atoms with E-state index in [1.165, 1.54) is 0 Å². The number of rotatable bonds is 15. The van der Waals surface area contributed by atoms with Crippen molar-refractivity contribution >= 4 is 23.6 Å². The molecule has 3 aromatic carbocycles. The molecule has 248 valence electrons. The summed E-state index contributed by atoms with van der Waals surface area (Å²) in [7, 11) is 1.98. The Hall–Kier alpha value is -4.00. The van der Waals surface area contributed by atoms with E-state index in [0.29, 0.717) is 32.2 Å². The van der Waals surface area contributed by atoms with Crippen molar-refractivity contribution in [3.8, 4) is 11.1 Å². The fraction of sp³-hybridized carbons (Fsp3) is 0.361. The lowest BCUT2D eigenvalue weighted by Crippen LogP contribution is -2.31. The average Bonchev–Trinajstić information content (AvgIpc) is 3.53. The number of aliphatic hydroxyl groups excluding tert-OH is 1. The molecule has 0 saturated carbocycles. The molecule has 4 N–H and O–H groups in total. The molecule has 0 unspecified atom stereocenters. The summed E-state index contributed by atoms with van der Waals surface area (Å²) >= 11 is 1.67. The Kier molecular flexibility index (Phi) is 12.6. The molecule has 4 aromatic rings. The van der Waals surface area contributed by atoms with Gasteiger partial charge in [0.05, 0.1) is 18.8 Å². The zero-order chi connectivity index (χ0) is 33.0. The topological polar surface area (TPSA) is 135 Å². The third-order valence-electron chi connectivity index (χ3n) is 8.16. The van der Waals surface area contributed by atoms with E-state index in [-0.39, 0.29) is 31.1 Å². The number of carbonyl (C=O) groups excluding carboxylic acids is 2. The molecular formula is C36H42N4O6S. The second kappa shape index (κ2) is 17.2. The number of hydrogen-bond donors (Lipinski definition) is 4. The maximum Gasteiger partial charge on any atom is 0.243 e. The highest BCUT2D eigenvalue weighted by Crippen LogP contribution is 2.39. The first-order valence-electron chi connectivity index (χ1n) is 15.9. The Morgan fingerprint density at radius 1 is 0.915 bits per heavy atom.